The molecule has 18 heavy (non-hydrogen) atoms. The highest BCUT2D eigenvalue weighted by atomic mass is 32.2. The third-order valence-electron chi connectivity index (χ3n) is 3.16. The van der Waals surface area contributed by atoms with Crippen molar-refractivity contribution in [3.8, 4) is 0 Å². The molecule has 1 aliphatic rings. The fourth-order valence-corrected chi connectivity index (χ4v) is 3.11. The Balaban J connectivity index is 1.86. The number of tetrazole rings is 1. The Morgan fingerprint density at radius 3 is 3.11 bits per heavy atom. The average molecular weight is 271 g/mol. The summed E-state index contributed by atoms with van der Waals surface area (Å²) in [6.07, 6.45) is 2.30. The molecule has 1 fully saturated rings. The summed E-state index contributed by atoms with van der Waals surface area (Å²) in [4.78, 5) is 0. The molecule has 0 radical (unpaired) electrons. The van der Waals surface area contributed by atoms with Crippen LogP contribution in [0.25, 0.3) is 0 Å². The molecule has 0 amide bonds. The van der Waals surface area contributed by atoms with Crippen molar-refractivity contribution >= 4 is 11.8 Å². The molecule has 102 valence electrons. The number of rotatable bonds is 7. The molecule has 0 spiro atoms. The van der Waals surface area contributed by atoms with Gasteiger partial charge in [0, 0.05) is 31.4 Å². The largest absolute Gasteiger partial charge is 0.381 e. The van der Waals surface area contributed by atoms with E-state index >= 15 is 0 Å². The van der Waals surface area contributed by atoms with E-state index < -0.39 is 0 Å². The van der Waals surface area contributed by atoms with Crippen LogP contribution in [0, 0.1) is 5.92 Å². The number of nitrogens with zero attached hydrogens (tertiary/aromatic N) is 4. The lowest BCUT2D eigenvalue weighted by Gasteiger charge is -2.23. The molecule has 2 unspecified atom stereocenters. The summed E-state index contributed by atoms with van der Waals surface area (Å²) in [7, 11) is 1.87. The van der Waals surface area contributed by atoms with Gasteiger partial charge in [0.2, 0.25) is 5.16 Å². The number of hydrogen-bond donors (Lipinski definition) is 1. The molecule has 1 aromatic rings. The summed E-state index contributed by atoms with van der Waals surface area (Å²) in [6, 6.07) is 0.481. The molecule has 0 aromatic carbocycles. The van der Waals surface area contributed by atoms with Crippen LogP contribution in [0.2, 0.25) is 0 Å². The number of aromatic nitrogens is 4. The van der Waals surface area contributed by atoms with Gasteiger partial charge in [0.1, 0.15) is 0 Å². The van der Waals surface area contributed by atoms with Gasteiger partial charge in [-0.2, -0.15) is 0 Å². The molecule has 1 aliphatic heterocycles. The highest BCUT2D eigenvalue weighted by Gasteiger charge is 2.25. The molecule has 1 saturated heterocycles. The number of hydrogen-bond acceptors (Lipinski definition) is 6. The Kier molecular flexibility index (Phi) is 5.40. The normalized spacial score (nSPS) is 21.3. The van der Waals surface area contributed by atoms with Gasteiger partial charge in [0.25, 0.3) is 0 Å². The van der Waals surface area contributed by atoms with Crippen LogP contribution < -0.4 is 5.32 Å². The fraction of sp³-hybridized carbons (Fsp3) is 0.909. The fourth-order valence-electron chi connectivity index (χ4n) is 2.07. The van der Waals surface area contributed by atoms with Crippen LogP contribution in [0.1, 0.15) is 19.8 Å². The van der Waals surface area contributed by atoms with Crippen LogP contribution in [-0.4, -0.2) is 51.8 Å². The van der Waals surface area contributed by atoms with Crippen molar-refractivity contribution in [1.29, 1.82) is 0 Å². The molecule has 6 nitrogen and oxygen atoms in total. The van der Waals surface area contributed by atoms with Crippen molar-refractivity contribution in [2.45, 2.75) is 31.0 Å². The first-order valence-corrected chi connectivity index (χ1v) is 7.46. The Morgan fingerprint density at radius 1 is 1.61 bits per heavy atom. The van der Waals surface area contributed by atoms with Crippen LogP contribution in [0.4, 0.5) is 0 Å². The van der Waals surface area contributed by atoms with Gasteiger partial charge in [-0.3, -0.25) is 0 Å². The maximum Gasteiger partial charge on any atom is 0.209 e. The highest BCUT2D eigenvalue weighted by Crippen LogP contribution is 2.22. The van der Waals surface area contributed by atoms with Gasteiger partial charge >= 0.3 is 0 Å². The maximum absolute atomic E-state index is 5.48. The van der Waals surface area contributed by atoms with Crippen molar-refractivity contribution in [2.75, 3.05) is 25.5 Å². The molecule has 0 saturated carbocycles. The van der Waals surface area contributed by atoms with Gasteiger partial charge in [-0.1, -0.05) is 18.7 Å². The molecule has 1 N–H and O–H groups in total. The maximum atomic E-state index is 5.48. The summed E-state index contributed by atoms with van der Waals surface area (Å²) < 4.78 is 7.20. The first kappa shape index (κ1) is 13.8. The van der Waals surface area contributed by atoms with E-state index in [4.69, 9.17) is 4.74 Å². The third kappa shape index (κ3) is 3.66. The van der Waals surface area contributed by atoms with Crippen molar-refractivity contribution in [3.63, 3.8) is 0 Å². The smallest absolute Gasteiger partial charge is 0.209 e. The van der Waals surface area contributed by atoms with Gasteiger partial charge in [-0.25, -0.2) is 4.68 Å². The lowest BCUT2D eigenvalue weighted by molar-refractivity contribution is 0.179. The zero-order valence-corrected chi connectivity index (χ0v) is 11.8. The zero-order chi connectivity index (χ0) is 12.8. The minimum absolute atomic E-state index is 0.481. The number of nitrogens with one attached hydrogen (secondary N) is 1. The number of thioether (sulfide) groups is 1. The summed E-state index contributed by atoms with van der Waals surface area (Å²) in [5, 5.41) is 16.0. The number of ether oxygens (including phenoxy) is 1. The molecule has 2 rings (SSSR count). The first-order valence-electron chi connectivity index (χ1n) is 6.47. The molecule has 2 heterocycles. The molecule has 0 aliphatic carbocycles. The van der Waals surface area contributed by atoms with E-state index in [9.17, 15) is 0 Å². The second-order valence-corrected chi connectivity index (χ2v) is 5.57. The Morgan fingerprint density at radius 2 is 2.50 bits per heavy atom. The second kappa shape index (κ2) is 7.06. The van der Waals surface area contributed by atoms with Gasteiger partial charge < -0.3 is 10.1 Å². The molecule has 0 bridgehead atoms. The van der Waals surface area contributed by atoms with Gasteiger partial charge in [0.05, 0.1) is 6.61 Å². The first-order chi connectivity index (χ1) is 8.81. The Hall–Kier alpha value is -0.660. The lowest BCUT2D eigenvalue weighted by Crippen LogP contribution is -2.39. The summed E-state index contributed by atoms with van der Waals surface area (Å²) >= 11 is 1.71. The minimum Gasteiger partial charge on any atom is -0.381 e. The van der Waals surface area contributed by atoms with Crippen molar-refractivity contribution in [3.05, 3.63) is 0 Å². The van der Waals surface area contributed by atoms with Crippen LogP contribution >= 0.6 is 11.8 Å². The molecule has 1 aromatic heterocycles. The van der Waals surface area contributed by atoms with Crippen LogP contribution in [0.3, 0.4) is 0 Å². The van der Waals surface area contributed by atoms with Gasteiger partial charge in [-0.05, 0) is 29.8 Å². The zero-order valence-electron chi connectivity index (χ0n) is 11.0. The van der Waals surface area contributed by atoms with Crippen molar-refractivity contribution in [1.82, 2.24) is 25.5 Å². The quantitative estimate of drug-likeness (QED) is 0.737. The molecular formula is C11H21N5OS. The van der Waals surface area contributed by atoms with Crippen LogP contribution in [0.5, 0.6) is 0 Å². The standard InChI is InChI=1S/C11H21N5OS/c1-3-5-12-10(9-4-6-17-7-9)8-18-11-13-14-15-16(11)2/h9-10,12H,3-8H2,1-2H3. The van der Waals surface area contributed by atoms with E-state index in [1.807, 2.05) is 7.05 Å². The van der Waals surface area contributed by atoms with E-state index in [-0.39, 0.29) is 0 Å². The monoisotopic (exact) mass is 271 g/mol. The van der Waals surface area contributed by atoms with Crippen LogP contribution in [0.15, 0.2) is 5.16 Å². The Labute approximate surface area is 112 Å². The van der Waals surface area contributed by atoms with Crippen molar-refractivity contribution < 1.29 is 4.74 Å². The van der Waals surface area contributed by atoms with Crippen molar-refractivity contribution in [2.24, 2.45) is 13.0 Å². The topological polar surface area (TPSA) is 64.9 Å². The summed E-state index contributed by atoms with van der Waals surface area (Å²) in [5.41, 5.74) is 0. The lowest BCUT2D eigenvalue weighted by atomic mass is 10.0. The minimum atomic E-state index is 0.481. The predicted octanol–water partition coefficient (Wildman–Crippen LogP) is 0.707. The average Bonchev–Trinajstić information content (AvgIpc) is 3.01. The molecule has 7 heteroatoms. The summed E-state index contributed by atoms with van der Waals surface area (Å²) in [5.74, 6) is 1.60. The SMILES string of the molecule is CCCNC(CSc1nnnn1C)C1CCOC1. The second-order valence-electron chi connectivity index (χ2n) is 4.58. The van der Waals surface area contributed by atoms with Gasteiger partial charge in [0.15, 0.2) is 0 Å². The predicted molar refractivity (Wildman–Crippen MR) is 70.5 cm³/mol. The van der Waals surface area contributed by atoms with Crippen LogP contribution in [-0.2, 0) is 11.8 Å². The molecule has 2 atom stereocenters. The third-order valence-corrected chi connectivity index (χ3v) is 4.29. The highest BCUT2D eigenvalue weighted by molar-refractivity contribution is 7.99. The Bertz CT molecular complexity index is 353. The van der Waals surface area contributed by atoms with E-state index in [0.717, 1.165) is 43.5 Å². The van der Waals surface area contributed by atoms with E-state index in [2.05, 4.69) is 27.8 Å². The van der Waals surface area contributed by atoms with E-state index in [1.54, 1.807) is 16.4 Å². The van der Waals surface area contributed by atoms with Gasteiger partial charge in [-0.15, -0.1) is 5.10 Å². The number of aryl methyl sites for hydroxylation is 1. The molecular weight excluding hydrogens is 250 g/mol. The van der Waals surface area contributed by atoms with E-state index in [0.29, 0.717) is 12.0 Å². The van der Waals surface area contributed by atoms with E-state index in [1.165, 1.54) is 0 Å². The summed E-state index contributed by atoms with van der Waals surface area (Å²) in [6.45, 7) is 5.01.